The zero-order valence-corrected chi connectivity index (χ0v) is 12.7. The van der Waals surface area contributed by atoms with Gasteiger partial charge in [0.25, 0.3) is 0 Å². The van der Waals surface area contributed by atoms with E-state index in [-0.39, 0.29) is 0 Å². The van der Waals surface area contributed by atoms with Gasteiger partial charge in [0.1, 0.15) is 0 Å². The summed E-state index contributed by atoms with van der Waals surface area (Å²) in [5.41, 5.74) is 2.35. The molecule has 0 unspecified atom stereocenters. The van der Waals surface area contributed by atoms with Crippen LogP contribution in [0, 0.1) is 0 Å². The lowest BCUT2D eigenvalue weighted by Gasteiger charge is -2.08. The summed E-state index contributed by atoms with van der Waals surface area (Å²) in [6.07, 6.45) is 1.05. The zero-order chi connectivity index (χ0) is 14.2. The summed E-state index contributed by atoms with van der Waals surface area (Å²) in [7, 11) is 0. The van der Waals surface area contributed by atoms with E-state index in [1.54, 1.807) is 6.07 Å². The molecule has 0 aliphatic carbocycles. The number of hydrogen-bond donors (Lipinski definition) is 2. The lowest BCUT2D eigenvalue weighted by Crippen LogP contribution is -2.24. The normalized spacial score (nSPS) is 10.5. The van der Waals surface area contributed by atoms with E-state index < -0.39 is 0 Å². The van der Waals surface area contributed by atoms with E-state index in [1.165, 1.54) is 5.56 Å². The first-order valence-corrected chi connectivity index (χ1v) is 7.45. The third-order valence-corrected chi connectivity index (χ3v) is 3.72. The summed E-state index contributed by atoms with van der Waals surface area (Å²) in [5.74, 6) is 0. The summed E-state index contributed by atoms with van der Waals surface area (Å²) in [6.45, 7) is 2.74. The molecule has 0 aromatic heterocycles. The SMILES string of the molecule is Clc1ccc(NCCNCCc2ccccc2)cc1Cl. The lowest BCUT2D eigenvalue weighted by molar-refractivity contribution is 0.699. The van der Waals surface area contributed by atoms with Gasteiger partial charge in [-0.05, 0) is 36.7 Å². The molecule has 2 aromatic rings. The third-order valence-electron chi connectivity index (χ3n) is 2.98. The molecule has 106 valence electrons. The van der Waals surface area contributed by atoms with Crippen molar-refractivity contribution in [3.63, 3.8) is 0 Å². The van der Waals surface area contributed by atoms with E-state index in [2.05, 4.69) is 34.9 Å². The van der Waals surface area contributed by atoms with Gasteiger partial charge in [-0.1, -0.05) is 53.5 Å². The number of anilines is 1. The van der Waals surface area contributed by atoms with E-state index >= 15 is 0 Å². The minimum absolute atomic E-state index is 0.578. The number of rotatable bonds is 7. The highest BCUT2D eigenvalue weighted by molar-refractivity contribution is 6.42. The molecular weight excluding hydrogens is 291 g/mol. The molecule has 0 amide bonds. The molecule has 2 aromatic carbocycles. The molecular formula is C16H18Cl2N2. The predicted molar refractivity (Wildman–Crippen MR) is 88.0 cm³/mol. The van der Waals surface area contributed by atoms with Crippen molar-refractivity contribution in [1.29, 1.82) is 0 Å². The van der Waals surface area contributed by atoms with Gasteiger partial charge in [0, 0.05) is 18.8 Å². The minimum atomic E-state index is 0.578. The van der Waals surface area contributed by atoms with Gasteiger partial charge in [-0.25, -0.2) is 0 Å². The minimum Gasteiger partial charge on any atom is -0.384 e. The van der Waals surface area contributed by atoms with E-state index in [0.29, 0.717) is 10.0 Å². The molecule has 0 spiro atoms. The van der Waals surface area contributed by atoms with Crippen LogP contribution in [-0.2, 0) is 6.42 Å². The molecule has 2 rings (SSSR count). The van der Waals surface area contributed by atoms with Crippen LogP contribution in [0.25, 0.3) is 0 Å². The maximum atomic E-state index is 5.96. The fraction of sp³-hybridized carbons (Fsp3) is 0.250. The summed E-state index contributed by atoms with van der Waals surface area (Å²) >= 11 is 11.8. The second kappa shape index (κ2) is 8.15. The number of nitrogens with one attached hydrogen (secondary N) is 2. The van der Waals surface area contributed by atoms with Gasteiger partial charge in [0.2, 0.25) is 0 Å². The van der Waals surface area contributed by atoms with Crippen LogP contribution in [0.2, 0.25) is 10.0 Å². The van der Waals surface area contributed by atoms with Crippen LogP contribution < -0.4 is 10.6 Å². The van der Waals surface area contributed by atoms with Crippen molar-refractivity contribution in [2.75, 3.05) is 25.0 Å². The highest BCUT2D eigenvalue weighted by Crippen LogP contribution is 2.24. The quantitative estimate of drug-likeness (QED) is 0.748. The van der Waals surface area contributed by atoms with Crippen molar-refractivity contribution in [2.24, 2.45) is 0 Å². The smallest absolute Gasteiger partial charge is 0.0612 e. The molecule has 20 heavy (non-hydrogen) atoms. The predicted octanol–water partition coefficient (Wildman–Crippen LogP) is 4.24. The van der Waals surface area contributed by atoms with E-state index in [4.69, 9.17) is 23.2 Å². The molecule has 0 aliphatic rings. The first-order valence-electron chi connectivity index (χ1n) is 6.69. The number of benzene rings is 2. The average molecular weight is 309 g/mol. The van der Waals surface area contributed by atoms with Gasteiger partial charge >= 0.3 is 0 Å². The second-order valence-corrected chi connectivity index (χ2v) is 5.36. The number of hydrogen-bond acceptors (Lipinski definition) is 2. The van der Waals surface area contributed by atoms with Gasteiger partial charge in [0.15, 0.2) is 0 Å². The van der Waals surface area contributed by atoms with Crippen molar-refractivity contribution >= 4 is 28.9 Å². The molecule has 0 aliphatic heterocycles. The molecule has 2 N–H and O–H groups in total. The standard InChI is InChI=1S/C16H18Cl2N2/c17-15-7-6-14(12-16(15)18)20-11-10-19-9-8-13-4-2-1-3-5-13/h1-7,12,19-20H,8-11H2. The molecule has 2 nitrogen and oxygen atoms in total. The highest BCUT2D eigenvalue weighted by atomic mass is 35.5. The number of halogens is 2. The Labute approximate surface area is 130 Å². The third kappa shape index (κ3) is 5.04. The Morgan fingerprint density at radius 2 is 1.60 bits per heavy atom. The Balaban J connectivity index is 1.61. The molecule has 4 heteroatoms. The van der Waals surface area contributed by atoms with Crippen LogP contribution in [0.3, 0.4) is 0 Å². The highest BCUT2D eigenvalue weighted by Gasteiger charge is 1.98. The molecule has 0 radical (unpaired) electrons. The lowest BCUT2D eigenvalue weighted by atomic mass is 10.1. The second-order valence-electron chi connectivity index (χ2n) is 4.54. The Morgan fingerprint density at radius 1 is 0.800 bits per heavy atom. The molecule has 0 bridgehead atoms. The molecule has 0 fully saturated rings. The van der Waals surface area contributed by atoms with Crippen LogP contribution in [0.5, 0.6) is 0 Å². The van der Waals surface area contributed by atoms with Crippen LogP contribution in [-0.4, -0.2) is 19.6 Å². The van der Waals surface area contributed by atoms with Crippen LogP contribution in [0.1, 0.15) is 5.56 Å². The summed E-state index contributed by atoms with van der Waals surface area (Å²) in [4.78, 5) is 0. The molecule has 0 saturated heterocycles. The average Bonchev–Trinajstić information content (AvgIpc) is 2.47. The van der Waals surface area contributed by atoms with Crippen molar-refractivity contribution in [3.8, 4) is 0 Å². The fourth-order valence-electron chi connectivity index (χ4n) is 1.90. The monoisotopic (exact) mass is 308 g/mol. The van der Waals surface area contributed by atoms with Crippen LogP contribution in [0.15, 0.2) is 48.5 Å². The molecule has 0 saturated carbocycles. The van der Waals surface area contributed by atoms with Crippen LogP contribution in [0.4, 0.5) is 5.69 Å². The van der Waals surface area contributed by atoms with Crippen molar-refractivity contribution in [3.05, 3.63) is 64.1 Å². The Hall–Kier alpha value is -1.22. The van der Waals surface area contributed by atoms with Gasteiger partial charge in [0.05, 0.1) is 10.0 Å². The van der Waals surface area contributed by atoms with Crippen LogP contribution >= 0.6 is 23.2 Å². The van der Waals surface area contributed by atoms with E-state index in [0.717, 1.165) is 31.7 Å². The van der Waals surface area contributed by atoms with Gasteiger partial charge in [-0.2, -0.15) is 0 Å². The Bertz CT molecular complexity index is 529. The summed E-state index contributed by atoms with van der Waals surface area (Å²) in [6, 6.07) is 16.0. The van der Waals surface area contributed by atoms with Gasteiger partial charge in [-0.3, -0.25) is 0 Å². The maximum Gasteiger partial charge on any atom is 0.0612 e. The largest absolute Gasteiger partial charge is 0.384 e. The summed E-state index contributed by atoms with van der Waals surface area (Å²) in [5, 5.41) is 7.87. The fourth-order valence-corrected chi connectivity index (χ4v) is 2.20. The molecule has 0 atom stereocenters. The van der Waals surface area contributed by atoms with Gasteiger partial charge < -0.3 is 10.6 Å². The topological polar surface area (TPSA) is 24.1 Å². The van der Waals surface area contributed by atoms with Crippen molar-refractivity contribution in [2.45, 2.75) is 6.42 Å². The summed E-state index contributed by atoms with van der Waals surface area (Å²) < 4.78 is 0. The maximum absolute atomic E-state index is 5.96. The Kier molecular flexibility index (Phi) is 6.19. The van der Waals surface area contributed by atoms with E-state index in [9.17, 15) is 0 Å². The van der Waals surface area contributed by atoms with Crippen molar-refractivity contribution < 1.29 is 0 Å². The Morgan fingerprint density at radius 3 is 2.35 bits per heavy atom. The van der Waals surface area contributed by atoms with E-state index in [1.807, 2.05) is 18.2 Å². The first kappa shape index (κ1) is 15.2. The zero-order valence-electron chi connectivity index (χ0n) is 11.2. The van der Waals surface area contributed by atoms with Gasteiger partial charge in [-0.15, -0.1) is 0 Å². The van der Waals surface area contributed by atoms with Crippen molar-refractivity contribution in [1.82, 2.24) is 5.32 Å². The first-order chi connectivity index (χ1) is 9.75. The molecule has 0 heterocycles.